The van der Waals surface area contributed by atoms with Crippen molar-refractivity contribution in [2.75, 3.05) is 38.6 Å². The van der Waals surface area contributed by atoms with Gasteiger partial charge in [-0.1, -0.05) is 22.9 Å². The van der Waals surface area contributed by atoms with E-state index in [1.807, 2.05) is 0 Å². The molecule has 1 atom stereocenters. The third-order valence-electron chi connectivity index (χ3n) is 3.80. The van der Waals surface area contributed by atoms with Gasteiger partial charge in [0.1, 0.15) is 0 Å². The number of benzene rings is 1. The summed E-state index contributed by atoms with van der Waals surface area (Å²) >= 11 is 3.58. The molecule has 1 aromatic carbocycles. The molecule has 0 bridgehead atoms. The molecular weight excluding hydrogens is 326 g/mol. The molecule has 0 heterocycles. The van der Waals surface area contributed by atoms with Crippen molar-refractivity contribution in [3.8, 4) is 0 Å². The number of halogens is 1. The van der Waals surface area contributed by atoms with Gasteiger partial charge in [0.25, 0.3) is 0 Å². The summed E-state index contributed by atoms with van der Waals surface area (Å²) < 4.78 is 1.13. The first-order valence-electron chi connectivity index (χ1n) is 7.91. The molecule has 0 aliphatic carbocycles. The van der Waals surface area contributed by atoms with Crippen LogP contribution in [0.5, 0.6) is 0 Å². The fourth-order valence-corrected chi connectivity index (χ4v) is 2.89. The molecule has 1 rings (SSSR count). The van der Waals surface area contributed by atoms with Crippen LogP contribution >= 0.6 is 15.9 Å². The summed E-state index contributed by atoms with van der Waals surface area (Å²) in [5, 5.41) is 0. The first kappa shape index (κ1) is 18.5. The third kappa shape index (κ3) is 6.37. The van der Waals surface area contributed by atoms with Crippen LogP contribution in [0, 0.1) is 0 Å². The third-order valence-corrected chi connectivity index (χ3v) is 4.30. The lowest BCUT2D eigenvalue weighted by Gasteiger charge is -2.27. The minimum atomic E-state index is 0.235. The molecule has 21 heavy (non-hydrogen) atoms. The van der Waals surface area contributed by atoms with Gasteiger partial charge in [0.2, 0.25) is 0 Å². The van der Waals surface area contributed by atoms with Gasteiger partial charge in [-0.3, -0.25) is 0 Å². The van der Waals surface area contributed by atoms with Crippen molar-refractivity contribution in [1.29, 1.82) is 0 Å². The largest absolute Gasteiger partial charge is 0.372 e. The summed E-state index contributed by atoms with van der Waals surface area (Å²) in [6.45, 7) is 7.61. The molecule has 1 unspecified atom stereocenters. The average molecular weight is 356 g/mol. The first-order chi connectivity index (χ1) is 9.97. The predicted octanol–water partition coefficient (Wildman–Crippen LogP) is 3.51. The number of hydrogen-bond donors (Lipinski definition) is 1. The lowest BCUT2D eigenvalue weighted by molar-refractivity contribution is 0.400. The minimum Gasteiger partial charge on any atom is -0.372 e. The van der Waals surface area contributed by atoms with E-state index in [0.29, 0.717) is 0 Å². The van der Waals surface area contributed by atoms with E-state index in [1.165, 1.54) is 17.7 Å². The summed E-state index contributed by atoms with van der Waals surface area (Å²) in [5.41, 5.74) is 8.85. The zero-order valence-corrected chi connectivity index (χ0v) is 15.5. The minimum absolute atomic E-state index is 0.235. The summed E-state index contributed by atoms with van der Waals surface area (Å²) in [4.78, 5) is 4.71. The summed E-state index contributed by atoms with van der Waals surface area (Å²) in [6, 6.07) is 6.81. The zero-order chi connectivity index (χ0) is 15.8. The highest BCUT2D eigenvalue weighted by molar-refractivity contribution is 9.10. The lowest BCUT2D eigenvalue weighted by Crippen LogP contribution is -2.29. The fourth-order valence-electron chi connectivity index (χ4n) is 2.48. The average Bonchev–Trinajstić information content (AvgIpc) is 2.44. The maximum Gasteiger partial charge on any atom is 0.0400 e. The number of nitrogens with zero attached hydrogens (tertiary/aromatic N) is 2. The fraction of sp³-hybridized carbons (Fsp3) is 0.647. The van der Waals surface area contributed by atoms with Crippen LogP contribution in [0.2, 0.25) is 0 Å². The molecule has 0 aromatic heterocycles. The smallest absolute Gasteiger partial charge is 0.0400 e. The molecular formula is C17H30BrN3. The van der Waals surface area contributed by atoms with Crippen molar-refractivity contribution >= 4 is 21.6 Å². The summed E-state index contributed by atoms with van der Waals surface area (Å²) in [5.74, 6) is 0. The van der Waals surface area contributed by atoms with Crippen molar-refractivity contribution in [3.05, 3.63) is 28.2 Å². The Morgan fingerprint density at radius 3 is 2.48 bits per heavy atom. The van der Waals surface area contributed by atoms with E-state index < -0.39 is 0 Å². The summed E-state index contributed by atoms with van der Waals surface area (Å²) in [7, 11) is 4.25. The molecule has 0 saturated carbocycles. The Labute approximate surface area is 138 Å². The number of hydrogen-bond acceptors (Lipinski definition) is 3. The Morgan fingerprint density at radius 2 is 1.90 bits per heavy atom. The van der Waals surface area contributed by atoms with Crippen LogP contribution in [-0.2, 0) is 6.42 Å². The van der Waals surface area contributed by atoms with Crippen LogP contribution in [0.25, 0.3) is 0 Å². The number of rotatable bonds is 9. The van der Waals surface area contributed by atoms with E-state index in [9.17, 15) is 0 Å². The molecule has 3 nitrogen and oxygen atoms in total. The van der Waals surface area contributed by atoms with Crippen LogP contribution < -0.4 is 10.6 Å². The highest BCUT2D eigenvalue weighted by Crippen LogP contribution is 2.26. The SMILES string of the molecule is CCC(N)Cc1cc(Br)ccc1N(CC)CCCN(C)C. The van der Waals surface area contributed by atoms with Crippen molar-refractivity contribution in [1.82, 2.24) is 4.90 Å². The van der Waals surface area contributed by atoms with E-state index >= 15 is 0 Å². The molecule has 120 valence electrons. The van der Waals surface area contributed by atoms with Crippen molar-refractivity contribution in [2.24, 2.45) is 5.73 Å². The van der Waals surface area contributed by atoms with E-state index in [2.05, 4.69) is 71.9 Å². The van der Waals surface area contributed by atoms with Gasteiger partial charge in [-0.15, -0.1) is 0 Å². The number of nitrogens with two attached hydrogens (primary N) is 1. The molecule has 0 amide bonds. The highest BCUT2D eigenvalue weighted by Gasteiger charge is 2.12. The molecule has 1 aromatic rings. The lowest BCUT2D eigenvalue weighted by atomic mass is 10.0. The van der Waals surface area contributed by atoms with E-state index in [-0.39, 0.29) is 6.04 Å². The second kappa shape index (κ2) is 9.44. The van der Waals surface area contributed by atoms with Crippen LogP contribution in [0.3, 0.4) is 0 Å². The Morgan fingerprint density at radius 1 is 1.19 bits per heavy atom. The normalized spacial score (nSPS) is 12.7. The van der Waals surface area contributed by atoms with Gasteiger partial charge in [0, 0.05) is 29.3 Å². The molecule has 0 saturated heterocycles. The van der Waals surface area contributed by atoms with Crippen LogP contribution in [-0.4, -0.2) is 44.7 Å². The maximum absolute atomic E-state index is 6.16. The van der Waals surface area contributed by atoms with Crippen LogP contribution in [0.4, 0.5) is 5.69 Å². The Hall–Kier alpha value is -0.580. The quantitative estimate of drug-likeness (QED) is 0.735. The molecule has 0 radical (unpaired) electrons. The maximum atomic E-state index is 6.16. The van der Waals surface area contributed by atoms with E-state index in [1.54, 1.807) is 0 Å². The summed E-state index contributed by atoms with van der Waals surface area (Å²) in [6.07, 6.45) is 3.13. The van der Waals surface area contributed by atoms with E-state index in [0.717, 1.165) is 36.9 Å². The molecule has 4 heteroatoms. The van der Waals surface area contributed by atoms with Crippen molar-refractivity contribution < 1.29 is 0 Å². The second-order valence-electron chi connectivity index (χ2n) is 5.88. The predicted molar refractivity (Wildman–Crippen MR) is 97.2 cm³/mol. The van der Waals surface area contributed by atoms with Gasteiger partial charge in [-0.2, -0.15) is 0 Å². The molecule has 2 N–H and O–H groups in total. The van der Waals surface area contributed by atoms with Gasteiger partial charge in [-0.05, 0) is 70.6 Å². The topological polar surface area (TPSA) is 32.5 Å². The zero-order valence-electron chi connectivity index (χ0n) is 13.9. The number of anilines is 1. The Bertz CT molecular complexity index is 420. The highest BCUT2D eigenvalue weighted by atomic mass is 79.9. The van der Waals surface area contributed by atoms with Gasteiger partial charge in [0.15, 0.2) is 0 Å². The second-order valence-corrected chi connectivity index (χ2v) is 6.80. The molecule has 0 aliphatic heterocycles. The molecule has 0 fully saturated rings. The van der Waals surface area contributed by atoms with Gasteiger partial charge >= 0.3 is 0 Å². The van der Waals surface area contributed by atoms with Crippen LogP contribution in [0.15, 0.2) is 22.7 Å². The molecule has 0 aliphatic rings. The van der Waals surface area contributed by atoms with Crippen LogP contribution in [0.1, 0.15) is 32.3 Å². The van der Waals surface area contributed by atoms with E-state index in [4.69, 9.17) is 5.73 Å². The standard InChI is InChI=1S/C17H30BrN3/c1-5-16(19)13-14-12-15(18)8-9-17(14)21(6-2)11-7-10-20(3)4/h8-9,12,16H,5-7,10-11,13,19H2,1-4H3. The van der Waals surface area contributed by atoms with Gasteiger partial charge in [-0.25, -0.2) is 0 Å². The van der Waals surface area contributed by atoms with Gasteiger partial charge < -0.3 is 15.5 Å². The monoisotopic (exact) mass is 355 g/mol. The first-order valence-corrected chi connectivity index (χ1v) is 8.70. The Balaban J connectivity index is 2.86. The molecule has 0 spiro atoms. The van der Waals surface area contributed by atoms with Gasteiger partial charge in [0.05, 0.1) is 0 Å². The van der Waals surface area contributed by atoms with Crippen molar-refractivity contribution in [2.45, 2.75) is 39.2 Å². The van der Waals surface area contributed by atoms with Crippen molar-refractivity contribution in [3.63, 3.8) is 0 Å². The Kier molecular flexibility index (Phi) is 8.30.